The highest BCUT2D eigenvalue weighted by Gasteiger charge is 2.42. The average Bonchev–Trinajstić information content (AvgIpc) is 2.32. The molecule has 18 heavy (non-hydrogen) atoms. The molecule has 1 N–H and O–H groups in total. The number of carbonyl (C=O) groups is 2. The number of hydrogen-bond acceptors (Lipinski definition) is 7. The van der Waals surface area contributed by atoms with Crippen LogP contribution in [0.2, 0.25) is 0 Å². The first kappa shape index (κ1) is 14.8. The van der Waals surface area contributed by atoms with Gasteiger partial charge in [-0.3, -0.25) is 4.79 Å². The van der Waals surface area contributed by atoms with Gasteiger partial charge in [0.25, 0.3) is 0 Å². The molecule has 0 aromatic rings. The van der Waals surface area contributed by atoms with Gasteiger partial charge in [-0.05, 0) is 6.92 Å². The maximum Gasteiger partial charge on any atom is 0.338 e. The molecular formula is C11H16O7. The summed E-state index contributed by atoms with van der Waals surface area (Å²) >= 11 is 0. The lowest BCUT2D eigenvalue weighted by Gasteiger charge is -2.35. The van der Waals surface area contributed by atoms with Gasteiger partial charge in [-0.1, -0.05) is 6.58 Å². The van der Waals surface area contributed by atoms with Crippen LogP contribution in [0.1, 0.15) is 6.92 Å². The second-order valence-electron chi connectivity index (χ2n) is 3.75. The molecule has 0 aliphatic carbocycles. The van der Waals surface area contributed by atoms with E-state index in [0.29, 0.717) is 0 Å². The number of aliphatic hydroxyl groups excluding tert-OH is 1. The smallest absolute Gasteiger partial charge is 0.338 e. The molecule has 1 heterocycles. The molecule has 4 unspecified atom stereocenters. The lowest BCUT2D eigenvalue weighted by Crippen LogP contribution is -2.50. The highest BCUT2D eigenvalue weighted by Crippen LogP contribution is 2.24. The van der Waals surface area contributed by atoms with Crippen molar-refractivity contribution in [3.8, 4) is 0 Å². The van der Waals surface area contributed by atoms with E-state index in [2.05, 4.69) is 11.3 Å². The van der Waals surface area contributed by atoms with Crippen LogP contribution in [0, 0.1) is 0 Å². The van der Waals surface area contributed by atoms with Crippen molar-refractivity contribution in [1.29, 1.82) is 0 Å². The van der Waals surface area contributed by atoms with E-state index in [0.717, 1.165) is 0 Å². The van der Waals surface area contributed by atoms with Crippen LogP contribution >= 0.6 is 0 Å². The zero-order valence-electron chi connectivity index (χ0n) is 10.4. The number of carbonyl (C=O) groups excluding carboxylic acids is 2. The Morgan fingerprint density at radius 2 is 2.06 bits per heavy atom. The van der Waals surface area contributed by atoms with Crippen molar-refractivity contribution < 1.29 is 33.6 Å². The molecule has 1 saturated heterocycles. The van der Waals surface area contributed by atoms with Crippen LogP contribution in [0.3, 0.4) is 0 Å². The first-order chi connectivity index (χ1) is 8.42. The lowest BCUT2D eigenvalue weighted by atomic mass is 10.1. The van der Waals surface area contributed by atoms with Crippen LogP contribution in [0.25, 0.3) is 0 Å². The quantitative estimate of drug-likeness (QED) is 0.400. The van der Waals surface area contributed by atoms with Crippen LogP contribution in [0.4, 0.5) is 0 Å². The number of rotatable bonds is 5. The monoisotopic (exact) mass is 260 g/mol. The van der Waals surface area contributed by atoms with E-state index in [1.54, 1.807) is 0 Å². The molecule has 1 rings (SSSR count). The third-order valence-corrected chi connectivity index (χ3v) is 2.51. The van der Waals surface area contributed by atoms with Crippen LogP contribution in [0.5, 0.6) is 0 Å². The number of methoxy groups -OCH3 is 2. The zero-order chi connectivity index (χ0) is 13.9. The SMILES string of the molecule is C=C1C(=O)OC(C(OC)C(C)=O)OC1C(O)OC. The lowest BCUT2D eigenvalue weighted by molar-refractivity contribution is -0.260. The van der Waals surface area contributed by atoms with Crippen LogP contribution in [-0.2, 0) is 28.5 Å². The number of cyclic esters (lactones) is 1. The third kappa shape index (κ3) is 2.94. The molecular weight excluding hydrogens is 244 g/mol. The summed E-state index contributed by atoms with van der Waals surface area (Å²) in [4.78, 5) is 22.8. The summed E-state index contributed by atoms with van der Waals surface area (Å²) in [6.07, 6.45) is -4.77. The van der Waals surface area contributed by atoms with E-state index >= 15 is 0 Å². The van der Waals surface area contributed by atoms with Gasteiger partial charge < -0.3 is 24.1 Å². The van der Waals surface area contributed by atoms with Crippen molar-refractivity contribution in [1.82, 2.24) is 0 Å². The molecule has 102 valence electrons. The zero-order valence-corrected chi connectivity index (χ0v) is 10.4. The Kier molecular flexibility index (Phi) is 4.97. The minimum Gasteiger partial charge on any atom is -0.429 e. The molecule has 0 amide bonds. The maximum absolute atomic E-state index is 11.5. The highest BCUT2D eigenvalue weighted by atomic mass is 16.7. The van der Waals surface area contributed by atoms with E-state index in [9.17, 15) is 14.7 Å². The molecule has 1 fully saturated rings. The fourth-order valence-corrected chi connectivity index (χ4v) is 1.52. The number of ketones is 1. The first-order valence-electron chi connectivity index (χ1n) is 5.21. The Bertz CT molecular complexity index is 351. The molecule has 1 aliphatic rings. The van der Waals surface area contributed by atoms with E-state index < -0.39 is 30.8 Å². The van der Waals surface area contributed by atoms with Crippen molar-refractivity contribution in [3.63, 3.8) is 0 Å². The number of Topliss-reactive ketones (excluding diaryl/α,β-unsaturated/α-hetero) is 1. The molecule has 0 spiro atoms. The normalized spacial score (nSPS) is 27.6. The van der Waals surface area contributed by atoms with Crippen molar-refractivity contribution >= 4 is 11.8 Å². The van der Waals surface area contributed by atoms with Gasteiger partial charge in [-0.2, -0.15) is 0 Å². The first-order valence-corrected chi connectivity index (χ1v) is 5.21. The van der Waals surface area contributed by atoms with Gasteiger partial charge >= 0.3 is 5.97 Å². The predicted octanol–water partition coefficient (Wildman–Crippen LogP) is -0.621. The summed E-state index contributed by atoms with van der Waals surface area (Å²) in [6.45, 7) is 4.72. The molecule has 0 radical (unpaired) electrons. The van der Waals surface area contributed by atoms with Gasteiger partial charge in [0, 0.05) is 14.2 Å². The third-order valence-electron chi connectivity index (χ3n) is 2.51. The van der Waals surface area contributed by atoms with E-state index in [1.165, 1.54) is 21.1 Å². The van der Waals surface area contributed by atoms with Crippen molar-refractivity contribution in [2.45, 2.75) is 31.7 Å². The van der Waals surface area contributed by atoms with E-state index in [4.69, 9.17) is 14.2 Å². The summed E-state index contributed by atoms with van der Waals surface area (Å²) in [7, 11) is 2.53. The second-order valence-corrected chi connectivity index (χ2v) is 3.75. The van der Waals surface area contributed by atoms with Gasteiger partial charge in [0.1, 0.15) is 6.10 Å². The predicted molar refractivity (Wildman–Crippen MR) is 58.4 cm³/mol. The van der Waals surface area contributed by atoms with E-state index in [-0.39, 0.29) is 11.4 Å². The van der Waals surface area contributed by atoms with Crippen LogP contribution in [0.15, 0.2) is 12.2 Å². The van der Waals surface area contributed by atoms with Gasteiger partial charge in [0.2, 0.25) is 6.29 Å². The molecule has 0 aromatic carbocycles. The highest BCUT2D eigenvalue weighted by molar-refractivity contribution is 5.90. The summed E-state index contributed by atoms with van der Waals surface area (Å²) in [5.41, 5.74) is -0.0843. The Morgan fingerprint density at radius 1 is 1.44 bits per heavy atom. The Labute approximate surface area is 104 Å². The molecule has 0 bridgehead atoms. The Morgan fingerprint density at radius 3 is 2.50 bits per heavy atom. The molecule has 0 saturated carbocycles. The summed E-state index contributed by atoms with van der Waals surface area (Å²) in [5, 5.41) is 9.54. The van der Waals surface area contributed by atoms with Crippen LogP contribution < -0.4 is 0 Å². The summed E-state index contributed by atoms with van der Waals surface area (Å²) in [6, 6.07) is 0. The number of ether oxygens (including phenoxy) is 4. The van der Waals surface area contributed by atoms with Crippen LogP contribution in [-0.4, -0.2) is 55.9 Å². The number of esters is 1. The average molecular weight is 260 g/mol. The second kappa shape index (κ2) is 6.05. The van der Waals surface area contributed by atoms with Crippen molar-refractivity contribution in [2.75, 3.05) is 14.2 Å². The Balaban J connectivity index is 2.88. The summed E-state index contributed by atoms with van der Waals surface area (Å²) < 4.78 is 19.7. The van der Waals surface area contributed by atoms with Gasteiger partial charge in [-0.25, -0.2) is 4.79 Å². The minimum atomic E-state index is -1.38. The van der Waals surface area contributed by atoms with Crippen molar-refractivity contribution in [2.24, 2.45) is 0 Å². The van der Waals surface area contributed by atoms with E-state index in [1.807, 2.05) is 0 Å². The summed E-state index contributed by atoms with van der Waals surface area (Å²) in [5.74, 6) is -1.14. The van der Waals surface area contributed by atoms with Gasteiger partial charge in [-0.15, -0.1) is 0 Å². The molecule has 0 aromatic heterocycles. The topological polar surface area (TPSA) is 91.3 Å². The molecule has 4 atom stereocenters. The molecule has 7 heteroatoms. The van der Waals surface area contributed by atoms with Gasteiger partial charge in [0.05, 0.1) is 5.57 Å². The van der Waals surface area contributed by atoms with Gasteiger partial charge in [0.15, 0.2) is 18.2 Å². The maximum atomic E-state index is 11.5. The van der Waals surface area contributed by atoms with Crippen molar-refractivity contribution in [3.05, 3.63) is 12.2 Å². The molecule has 1 aliphatic heterocycles. The Hall–Kier alpha value is -1.28. The number of aliphatic hydroxyl groups is 1. The number of hydrogen-bond donors (Lipinski definition) is 1. The fraction of sp³-hybridized carbons (Fsp3) is 0.636. The molecule has 7 nitrogen and oxygen atoms in total. The largest absolute Gasteiger partial charge is 0.429 e. The fourth-order valence-electron chi connectivity index (χ4n) is 1.52. The standard InChI is InChI=1S/C11H16O7/c1-5-7(10(14)16-4)17-11(18-9(5)13)8(15-3)6(2)12/h7-8,10-11,14H,1H2,2-4H3. The minimum absolute atomic E-state index is 0.0843.